The molecule has 2 aliphatic rings. The van der Waals surface area contributed by atoms with Crippen LogP contribution in [0.1, 0.15) is 13.3 Å². The van der Waals surface area contributed by atoms with E-state index >= 15 is 0 Å². The molecule has 2 fully saturated rings. The van der Waals surface area contributed by atoms with E-state index in [9.17, 15) is 14.4 Å². The Morgan fingerprint density at radius 3 is 2.66 bits per heavy atom. The van der Waals surface area contributed by atoms with Gasteiger partial charge in [-0.15, -0.1) is 0 Å². The summed E-state index contributed by atoms with van der Waals surface area (Å²) in [6.07, 6.45) is 0.723. The summed E-state index contributed by atoms with van der Waals surface area (Å²) in [6.45, 7) is 6.34. The van der Waals surface area contributed by atoms with Crippen molar-refractivity contribution in [2.75, 3.05) is 79.5 Å². The maximum atomic E-state index is 12.6. The monoisotopic (exact) mass is 415 g/mol. The maximum Gasteiger partial charge on any atom is 0.317 e. The second-order valence-electron chi connectivity index (χ2n) is 7.07. The number of carbonyl (C=O) groups is 3. The summed E-state index contributed by atoms with van der Waals surface area (Å²) in [5, 5.41) is 2.75. The third-order valence-corrected chi connectivity index (χ3v) is 4.93. The first-order valence-corrected chi connectivity index (χ1v) is 10.2. The lowest BCUT2D eigenvalue weighted by Crippen LogP contribution is -2.42. The predicted octanol–water partition coefficient (Wildman–Crippen LogP) is -0.281. The molecule has 166 valence electrons. The van der Waals surface area contributed by atoms with Gasteiger partial charge in [-0.3, -0.25) is 9.59 Å². The Hall–Kier alpha value is -1.91. The Balaban J connectivity index is 1.76. The van der Waals surface area contributed by atoms with Crippen molar-refractivity contribution in [1.82, 2.24) is 15.1 Å². The largest absolute Gasteiger partial charge is 0.466 e. The molecular formula is C19H33N3O7. The SMILES string of the molecule is CCOC(=O)[C@H]1C[C@H]1CN(CCN1CCNC1=O)C(=O)COCCOCCOC. The lowest BCUT2D eigenvalue weighted by Gasteiger charge is -2.25. The van der Waals surface area contributed by atoms with Crippen molar-refractivity contribution in [2.45, 2.75) is 13.3 Å². The van der Waals surface area contributed by atoms with Gasteiger partial charge in [0.2, 0.25) is 5.91 Å². The van der Waals surface area contributed by atoms with Crippen LogP contribution in [0.25, 0.3) is 0 Å². The first kappa shape index (κ1) is 23.4. The topological polar surface area (TPSA) is 107 Å². The number of urea groups is 1. The molecule has 10 heteroatoms. The highest BCUT2D eigenvalue weighted by molar-refractivity contribution is 5.79. The molecule has 2 rings (SSSR count). The molecule has 1 heterocycles. The van der Waals surface area contributed by atoms with E-state index in [-0.39, 0.29) is 36.4 Å². The number of hydrogen-bond donors (Lipinski definition) is 1. The maximum absolute atomic E-state index is 12.6. The quantitative estimate of drug-likeness (QED) is 0.290. The number of carbonyl (C=O) groups excluding carboxylic acids is 3. The minimum absolute atomic E-state index is 0.0589. The van der Waals surface area contributed by atoms with Gasteiger partial charge in [0.1, 0.15) is 6.61 Å². The van der Waals surface area contributed by atoms with Crippen molar-refractivity contribution in [3.8, 4) is 0 Å². The molecule has 1 N–H and O–H groups in total. The van der Waals surface area contributed by atoms with Crippen molar-refractivity contribution in [1.29, 1.82) is 0 Å². The molecule has 0 aromatic carbocycles. The van der Waals surface area contributed by atoms with Gasteiger partial charge in [0.15, 0.2) is 0 Å². The fraction of sp³-hybridized carbons (Fsp3) is 0.842. The van der Waals surface area contributed by atoms with E-state index in [1.807, 2.05) is 0 Å². The molecule has 29 heavy (non-hydrogen) atoms. The van der Waals surface area contributed by atoms with Crippen LogP contribution >= 0.6 is 0 Å². The summed E-state index contributed by atoms with van der Waals surface area (Å²) in [5.41, 5.74) is 0. The van der Waals surface area contributed by atoms with Crippen LogP contribution in [-0.2, 0) is 28.5 Å². The zero-order valence-electron chi connectivity index (χ0n) is 17.4. The van der Waals surface area contributed by atoms with Crippen LogP contribution in [0.2, 0.25) is 0 Å². The molecule has 3 amide bonds. The summed E-state index contributed by atoms with van der Waals surface area (Å²) in [5.74, 6) is -0.400. The standard InChI is InChI=1S/C19H33N3O7/c1-3-29-18(24)16-12-15(16)13-22(7-6-21-5-4-20-19(21)25)17(23)14-28-11-10-27-9-8-26-2/h15-16H,3-14H2,1-2H3,(H,20,25)/t15-,16-/m0/s1. The minimum atomic E-state index is -0.201. The van der Waals surface area contributed by atoms with Crippen LogP contribution in [0.3, 0.4) is 0 Å². The second-order valence-corrected chi connectivity index (χ2v) is 7.07. The van der Waals surface area contributed by atoms with E-state index < -0.39 is 0 Å². The Labute approximate surface area is 171 Å². The van der Waals surface area contributed by atoms with E-state index in [0.29, 0.717) is 65.8 Å². The smallest absolute Gasteiger partial charge is 0.317 e. The number of amides is 3. The van der Waals surface area contributed by atoms with E-state index in [2.05, 4.69) is 5.32 Å². The van der Waals surface area contributed by atoms with Gasteiger partial charge in [0, 0.05) is 39.8 Å². The summed E-state index contributed by atoms with van der Waals surface area (Å²) in [7, 11) is 1.60. The molecule has 0 radical (unpaired) electrons. The normalized spacial score (nSPS) is 20.5. The number of hydrogen-bond acceptors (Lipinski definition) is 7. The molecule has 0 spiro atoms. The zero-order valence-corrected chi connectivity index (χ0v) is 17.4. The lowest BCUT2D eigenvalue weighted by molar-refractivity contribution is -0.145. The second kappa shape index (κ2) is 12.6. The number of nitrogens with one attached hydrogen (secondary N) is 1. The number of nitrogens with zero attached hydrogens (tertiary/aromatic N) is 2. The Kier molecular flexibility index (Phi) is 10.2. The molecule has 2 atom stereocenters. The van der Waals surface area contributed by atoms with Gasteiger partial charge in [0.05, 0.1) is 39.0 Å². The highest BCUT2D eigenvalue weighted by Crippen LogP contribution is 2.40. The Bertz CT molecular complexity index is 546. The summed E-state index contributed by atoms with van der Waals surface area (Å²) < 4.78 is 20.7. The van der Waals surface area contributed by atoms with Gasteiger partial charge in [0.25, 0.3) is 0 Å². The van der Waals surface area contributed by atoms with Crippen LogP contribution < -0.4 is 5.32 Å². The number of methoxy groups -OCH3 is 1. The molecule has 0 unspecified atom stereocenters. The third-order valence-electron chi connectivity index (χ3n) is 4.93. The van der Waals surface area contributed by atoms with Crippen LogP contribution in [0.15, 0.2) is 0 Å². The van der Waals surface area contributed by atoms with E-state index in [0.717, 1.165) is 6.42 Å². The fourth-order valence-electron chi connectivity index (χ4n) is 3.17. The molecular weight excluding hydrogens is 382 g/mol. The summed E-state index contributed by atoms with van der Waals surface area (Å²) in [4.78, 5) is 39.6. The highest BCUT2D eigenvalue weighted by atomic mass is 16.5. The first-order chi connectivity index (χ1) is 14.1. The van der Waals surface area contributed by atoms with Crippen molar-refractivity contribution >= 4 is 17.9 Å². The first-order valence-electron chi connectivity index (χ1n) is 10.2. The van der Waals surface area contributed by atoms with Gasteiger partial charge in [-0.25, -0.2) is 4.79 Å². The van der Waals surface area contributed by atoms with Crippen molar-refractivity contribution in [2.24, 2.45) is 11.8 Å². The average Bonchev–Trinajstić information content (AvgIpc) is 3.36. The van der Waals surface area contributed by atoms with E-state index in [1.165, 1.54) is 0 Å². The predicted molar refractivity (Wildman–Crippen MR) is 103 cm³/mol. The van der Waals surface area contributed by atoms with Crippen molar-refractivity contribution < 1.29 is 33.3 Å². The molecule has 0 aromatic heterocycles. The molecule has 1 aliphatic heterocycles. The van der Waals surface area contributed by atoms with Gasteiger partial charge < -0.3 is 34.1 Å². The molecule has 0 aromatic rings. The number of esters is 1. The Morgan fingerprint density at radius 2 is 1.97 bits per heavy atom. The number of rotatable bonds is 15. The molecule has 10 nitrogen and oxygen atoms in total. The van der Waals surface area contributed by atoms with E-state index in [4.69, 9.17) is 18.9 Å². The van der Waals surface area contributed by atoms with Gasteiger partial charge >= 0.3 is 12.0 Å². The van der Waals surface area contributed by atoms with E-state index in [1.54, 1.807) is 23.8 Å². The van der Waals surface area contributed by atoms with Crippen LogP contribution in [0.5, 0.6) is 0 Å². The average molecular weight is 415 g/mol. The van der Waals surface area contributed by atoms with Crippen molar-refractivity contribution in [3.05, 3.63) is 0 Å². The van der Waals surface area contributed by atoms with Gasteiger partial charge in [-0.05, 0) is 19.3 Å². The minimum Gasteiger partial charge on any atom is -0.466 e. The molecule has 1 saturated carbocycles. The number of ether oxygens (including phenoxy) is 4. The highest BCUT2D eigenvalue weighted by Gasteiger charge is 2.45. The van der Waals surface area contributed by atoms with Gasteiger partial charge in [-0.2, -0.15) is 0 Å². The molecule has 1 saturated heterocycles. The van der Waals surface area contributed by atoms with Crippen LogP contribution in [0.4, 0.5) is 4.79 Å². The fourth-order valence-corrected chi connectivity index (χ4v) is 3.17. The molecule has 1 aliphatic carbocycles. The lowest BCUT2D eigenvalue weighted by atomic mass is 10.3. The van der Waals surface area contributed by atoms with Crippen molar-refractivity contribution in [3.63, 3.8) is 0 Å². The Morgan fingerprint density at radius 1 is 1.21 bits per heavy atom. The van der Waals surface area contributed by atoms with Gasteiger partial charge in [-0.1, -0.05) is 0 Å². The zero-order chi connectivity index (χ0) is 21.1. The van der Waals surface area contributed by atoms with Crippen LogP contribution in [0, 0.1) is 11.8 Å². The summed E-state index contributed by atoms with van der Waals surface area (Å²) >= 11 is 0. The molecule has 0 bridgehead atoms. The van der Waals surface area contributed by atoms with Crippen LogP contribution in [-0.4, -0.2) is 107 Å². The third kappa shape index (κ3) is 8.15. The summed E-state index contributed by atoms with van der Waals surface area (Å²) in [6, 6.07) is -0.113.